The van der Waals surface area contributed by atoms with Gasteiger partial charge >= 0.3 is 0 Å². The Kier molecular flexibility index (Phi) is 5.77. The third-order valence-electron chi connectivity index (χ3n) is 4.83. The lowest BCUT2D eigenvalue weighted by Crippen LogP contribution is -2.35. The predicted molar refractivity (Wildman–Crippen MR) is 104 cm³/mol. The monoisotopic (exact) mass is 387 g/mol. The van der Waals surface area contributed by atoms with Crippen LogP contribution in [0.25, 0.3) is 0 Å². The molecule has 1 heterocycles. The molecule has 0 atom stereocenters. The van der Waals surface area contributed by atoms with E-state index in [-0.39, 0.29) is 17.3 Å². The van der Waals surface area contributed by atoms with Gasteiger partial charge in [0.1, 0.15) is 5.69 Å². The van der Waals surface area contributed by atoms with Gasteiger partial charge in [0.15, 0.2) is 11.6 Å². The first kappa shape index (κ1) is 19.6. The number of hydrogen-bond acceptors (Lipinski definition) is 5. The molecule has 0 unspecified atom stereocenters. The number of rotatable bonds is 4. The molecule has 0 saturated carbocycles. The summed E-state index contributed by atoms with van der Waals surface area (Å²) in [5.41, 5.74) is 1.63. The molecule has 148 valence electrons. The quantitative estimate of drug-likeness (QED) is 0.594. The van der Waals surface area contributed by atoms with Crippen LogP contribution < -0.4 is 9.64 Å². The molecule has 1 fully saturated rings. The van der Waals surface area contributed by atoms with Gasteiger partial charge in [-0.1, -0.05) is 17.7 Å². The van der Waals surface area contributed by atoms with Gasteiger partial charge in [-0.2, -0.15) is 0 Å². The van der Waals surface area contributed by atoms with Crippen molar-refractivity contribution in [1.82, 2.24) is 4.90 Å². The number of nitrogens with zero attached hydrogens (tertiary/aromatic N) is 3. The summed E-state index contributed by atoms with van der Waals surface area (Å²) >= 11 is 0. The molecule has 2 aromatic rings. The van der Waals surface area contributed by atoms with E-state index in [1.54, 1.807) is 11.0 Å². The Morgan fingerprint density at radius 2 is 1.96 bits per heavy atom. The summed E-state index contributed by atoms with van der Waals surface area (Å²) in [6, 6.07) is 9.65. The van der Waals surface area contributed by atoms with Crippen LogP contribution in [0.2, 0.25) is 0 Å². The van der Waals surface area contributed by atoms with Crippen LogP contribution in [-0.4, -0.2) is 49.0 Å². The molecule has 0 aliphatic carbocycles. The van der Waals surface area contributed by atoms with Gasteiger partial charge in [-0.3, -0.25) is 14.9 Å². The normalized spacial score (nSPS) is 14.5. The fourth-order valence-electron chi connectivity index (χ4n) is 3.41. The van der Waals surface area contributed by atoms with Crippen LogP contribution in [-0.2, 0) is 0 Å². The Morgan fingerprint density at radius 3 is 2.64 bits per heavy atom. The molecule has 1 aliphatic rings. The number of amides is 1. The predicted octanol–water partition coefficient (Wildman–Crippen LogP) is 3.40. The van der Waals surface area contributed by atoms with E-state index in [0.717, 1.165) is 11.6 Å². The maximum atomic E-state index is 13.9. The number of aryl methyl sites for hydroxylation is 1. The number of benzene rings is 2. The lowest BCUT2D eigenvalue weighted by molar-refractivity contribution is -0.384. The summed E-state index contributed by atoms with van der Waals surface area (Å²) in [6.07, 6.45) is 0.647. The maximum absolute atomic E-state index is 13.9. The number of halogens is 1. The molecule has 3 rings (SSSR count). The first-order valence-electron chi connectivity index (χ1n) is 9.03. The van der Waals surface area contributed by atoms with Crippen molar-refractivity contribution in [2.24, 2.45) is 0 Å². The molecule has 7 nitrogen and oxygen atoms in total. The van der Waals surface area contributed by atoms with Gasteiger partial charge in [-0.05, 0) is 25.5 Å². The van der Waals surface area contributed by atoms with Gasteiger partial charge in [0, 0.05) is 37.8 Å². The highest BCUT2D eigenvalue weighted by atomic mass is 19.1. The highest BCUT2D eigenvalue weighted by molar-refractivity contribution is 5.94. The number of nitro benzene ring substituents is 1. The van der Waals surface area contributed by atoms with Crippen molar-refractivity contribution in [3.8, 4) is 5.75 Å². The smallest absolute Gasteiger partial charge is 0.295 e. The Bertz CT molecular complexity index is 903. The summed E-state index contributed by atoms with van der Waals surface area (Å²) in [5, 5.41) is 11.4. The molecule has 28 heavy (non-hydrogen) atoms. The second-order valence-electron chi connectivity index (χ2n) is 6.73. The fourth-order valence-corrected chi connectivity index (χ4v) is 3.41. The molecule has 0 N–H and O–H groups in total. The highest BCUT2D eigenvalue weighted by Gasteiger charge is 2.26. The molecule has 0 radical (unpaired) electrons. The van der Waals surface area contributed by atoms with E-state index in [4.69, 9.17) is 4.74 Å². The molecule has 1 aliphatic heterocycles. The maximum Gasteiger partial charge on any atom is 0.295 e. The number of methoxy groups -OCH3 is 1. The van der Waals surface area contributed by atoms with Crippen LogP contribution in [0.3, 0.4) is 0 Å². The van der Waals surface area contributed by atoms with E-state index in [2.05, 4.69) is 0 Å². The second-order valence-corrected chi connectivity index (χ2v) is 6.73. The Hall–Kier alpha value is -3.16. The Labute approximate surface area is 162 Å². The van der Waals surface area contributed by atoms with E-state index >= 15 is 0 Å². The summed E-state index contributed by atoms with van der Waals surface area (Å²) < 4.78 is 18.9. The van der Waals surface area contributed by atoms with E-state index in [1.807, 2.05) is 30.0 Å². The third-order valence-corrected chi connectivity index (χ3v) is 4.83. The lowest BCUT2D eigenvalue weighted by atomic mass is 10.1. The van der Waals surface area contributed by atoms with Gasteiger partial charge in [0.05, 0.1) is 18.1 Å². The molecule has 0 aromatic heterocycles. The standard InChI is InChI=1S/C20H22FN3O4/c1-14-5-3-6-15(11-14)20(25)23-8-4-7-22(9-10-23)17-13-19(28-2)16(21)12-18(17)24(26)27/h3,5-6,11-13H,4,7-10H2,1-2H3. The van der Waals surface area contributed by atoms with Crippen LogP contribution in [0.5, 0.6) is 5.75 Å². The highest BCUT2D eigenvalue weighted by Crippen LogP contribution is 2.35. The minimum absolute atomic E-state index is 0.0439. The van der Waals surface area contributed by atoms with Gasteiger partial charge < -0.3 is 14.5 Å². The van der Waals surface area contributed by atoms with Crippen molar-refractivity contribution in [3.63, 3.8) is 0 Å². The van der Waals surface area contributed by atoms with Gasteiger partial charge in [-0.25, -0.2) is 4.39 Å². The van der Waals surface area contributed by atoms with Crippen molar-refractivity contribution in [2.75, 3.05) is 38.2 Å². The van der Waals surface area contributed by atoms with Crippen molar-refractivity contribution in [2.45, 2.75) is 13.3 Å². The summed E-state index contributed by atoms with van der Waals surface area (Å²) in [5.74, 6) is -0.877. The van der Waals surface area contributed by atoms with Crippen molar-refractivity contribution in [3.05, 3.63) is 63.5 Å². The zero-order chi connectivity index (χ0) is 20.3. The van der Waals surface area contributed by atoms with E-state index < -0.39 is 10.7 Å². The average molecular weight is 387 g/mol. The lowest BCUT2D eigenvalue weighted by Gasteiger charge is -2.24. The average Bonchev–Trinajstić information content (AvgIpc) is 2.93. The Balaban J connectivity index is 1.82. The fraction of sp³-hybridized carbons (Fsp3) is 0.350. The first-order chi connectivity index (χ1) is 13.4. The van der Waals surface area contributed by atoms with E-state index in [0.29, 0.717) is 43.9 Å². The second kappa shape index (κ2) is 8.24. The van der Waals surface area contributed by atoms with Crippen LogP contribution in [0.4, 0.5) is 15.8 Å². The molecule has 1 saturated heterocycles. The molecule has 0 bridgehead atoms. The largest absolute Gasteiger partial charge is 0.494 e. The molecule has 0 spiro atoms. The summed E-state index contributed by atoms with van der Waals surface area (Å²) in [7, 11) is 1.32. The van der Waals surface area contributed by atoms with Crippen LogP contribution in [0.15, 0.2) is 36.4 Å². The topological polar surface area (TPSA) is 75.9 Å². The number of carbonyl (C=O) groups is 1. The minimum Gasteiger partial charge on any atom is -0.494 e. The number of nitro groups is 1. The molecule has 1 amide bonds. The van der Waals surface area contributed by atoms with Crippen molar-refractivity contribution >= 4 is 17.3 Å². The van der Waals surface area contributed by atoms with Crippen LogP contribution in [0.1, 0.15) is 22.3 Å². The van der Waals surface area contributed by atoms with Crippen LogP contribution >= 0.6 is 0 Å². The number of carbonyl (C=O) groups excluding carboxylic acids is 1. The summed E-state index contributed by atoms with van der Waals surface area (Å²) in [6.45, 7) is 3.83. The summed E-state index contributed by atoms with van der Waals surface area (Å²) in [4.78, 5) is 27.2. The van der Waals surface area contributed by atoms with Crippen LogP contribution in [0, 0.1) is 22.9 Å². The van der Waals surface area contributed by atoms with Gasteiger partial charge in [-0.15, -0.1) is 0 Å². The van der Waals surface area contributed by atoms with Gasteiger partial charge in [0.2, 0.25) is 0 Å². The molecular weight excluding hydrogens is 365 g/mol. The van der Waals surface area contributed by atoms with Crippen molar-refractivity contribution in [1.29, 1.82) is 0 Å². The zero-order valence-electron chi connectivity index (χ0n) is 15.9. The zero-order valence-corrected chi connectivity index (χ0v) is 15.9. The molecular formula is C20H22FN3O4. The SMILES string of the molecule is COc1cc(N2CCCN(C(=O)c3cccc(C)c3)CC2)c([N+](=O)[O-])cc1F. The molecule has 8 heteroatoms. The minimum atomic E-state index is -0.774. The van der Waals surface area contributed by atoms with Gasteiger partial charge in [0.25, 0.3) is 11.6 Å². The Morgan fingerprint density at radius 1 is 1.18 bits per heavy atom. The third kappa shape index (κ3) is 4.05. The number of anilines is 1. The molecule has 2 aromatic carbocycles. The van der Waals surface area contributed by atoms with E-state index in [9.17, 15) is 19.3 Å². The van der Waals surface area contributed by atoms with E-state index in [1.165, 1.54) is 13.2 Å². The number of hydrogen-bond donors (Lipinski definition) is 0. The van der Waals surface area contributed by atoms with Crippen molar-refractivity contribution < 1.29 is 18.8 Å². The number of ether oxygens (including phenoxy) is 1. The first-order valence-corrected chi connectivity index (χ1v) is 9.03.